The minimum Gasteiger partial charge on any atom is -0.475 e. The van der Waals surface area contributed by atoms with Crippen molar-refractivity contribution in [1.29, 1.82) is 0 Å². The number of carbonyl (C=O) groups is 1. The molecule has 0 radical (unpaired) electrons. The summed E-state index contributed by atoms with van der Waals surface area (Å²) in [6.45, 7) is 2.44. The van der Waals surface area contributed by atoms with Crippen molar-refractivity contribution in [1.82, 2.24) is 15.1 Å². The maximum atomic E-state index is 11.2. The summed E-state index contributed by atoms with van der Waals surface area (Å²) in [5, 5.41) is 20.0. The zero-order valence-corrected chi connectivity index (χ0v) is 25.2. The largest absolute Gasteiger partial charge is 0.475 e. The molecule has 7 rings (SSSR count). The summed E-state index contributed by atoms with van der Waals surface area (Å²) in [5.74, 6) is 0.538. The molecular weight excluding hydrogens is 581 g/mol. The Hall–Kier alpha value is -3.58. The van der Waals surface area contributed by atoms with Crippen LogP contribution in [-0.4, -0.2) is 39.3 Å². The van der Waals surface area contributed by atoms with Crippen LogP contribution < -0.4 is 0 Å². The van der Waals surface area contributed by atoms with E-state index in [2.05, 4.69) is 52.5 Å². The zero-order chi connectivity index (χ0) is 29.6. The molecule has 2 fully saturated rings. The van der Waals surface area contributed by atoms with Crippen molar-refractivity contribution in [3.05, 3.63) is 123 Å². The van der Waals surface area contributed by atoms with Gasteiger partial charge in [0.1, 0.15) is 5.76 Å². The summed E-state index contributed by atoms with van der Waals surface area (Å²) >= 11 is 12.4. The highest BCUT2D eigenvalue weighted by Gasteiger charge is 2.54. The molecule has 1 aliphatic heterocycles. The van der Waals surface area contributed by atoms with Gasteiger partial charge in [-0.1, -0.05) is 53.5 Å². The second-order valence-electron chi connectivity index (χ2n) is 12.2. The number of aromatic carboxylic acids is 1. The SMILES string of the molecule is O=C(O)c1ccc(CN2CCC(c3n[nH]c4ccc(C5(Cc6ccc(Cl)cc6)CC5Cc5ccc(Cl)cc5)cc34)CC2)o1. The Morgan fingerprint density at radius 3 is 2.33 bits per heavy atom. The highest BCUT2D eigenvalue weighted by Crippen LogP contribution is 2.58. The van der Waals surface area contributed by atoms with Gasteiger partial charge in [0.05, 0.1) is 17.8 Å². The van der Waals surface area contributed by atoms with Crippen LogP contribution in [0.5, 0.6) is 0 Å². The molecule has 1 aliphatic carbocycles. The number of hydrogen-bond acceptors (Lipinski definition) is 4. The van der Waals surface area contributed by atoms with Gasteiger partial charge in [-0.25, -0.2) is 4.79 Å². The Kier molecular flexibility index (Phi) is 7.54. The normalized spacial score (nSPS) is 20.9. The van der Waals surface area contributed by atoms with E-state index in [9.17, 15) is 4.79 Å². The number of likely N-dealkylation sites (tertiary alicyclic amines) is 1. The average Bonchev–Trinajstić information content (AvgIpc) is 3.32. The van der Waals surface area contributed by atoms with E-state index >= 15 is 0 Å². The van der Waals surface area contributed by atoms with Gasteiger partial charge in [-0.3, -0.25) is 10.00 Å². The minimum absolute atomic E-state index is 0.0106. The van der Waals surface area contributed by atoms with Gasteiger partial charge in [-0.05, 0) is 116 Å². The van der Waals surface area contributed by atoms with Crippen molar-refractivity contribution >= 4 is 40.1 Å². The molecule has 8 heteroatoms. The predicted octanol–water partition coefficient (Wildman–Crippen LogP) is 8.28. The molecule has 5 aromatic rings. The van der Waals surface area contributed by atoms with Gasteiger partial charge in [0, 0.05) is 26.8 Å². The fourth-order valence-corrected chi connectivity index (χ4v) is 7.26. The van der Waals surface area contributed by atoms with Crippen LogP contribution in [0.3, 0.4) is 0 Å². The highest BCUT2D eigenvalue weighted by atomic mass is 35.5. The van der Waals surface area contributed by atoms with E-state index in [4.69, 9.17) is 37.8 Å². The van der Waals surface area contributed by atoms with Crippen LogP contribution in [-0.2, 0) is 24.8 Å². The quantitative estimate of drug-likeness (QED) is 0.175. The van der Waals surface area contributed by atoms with Crippen LogP contribution in [0, 0.1) is 5.92 Å². The Labute approximate surface area is 260 Å². The Morgan fingerprint density at radius 1 is 0.953 bits per heavy atom. The number of furan rings is 1. The van der Waals surface area contributed by atoms with Crippen LogP contribution in [0.1, 0.15) is 63.9 Å². The Morgan fingerprint density at radius 2 is 1.65 bits per heavy atom. The number of aromatic amines is 1. The molecule has 2 atom stereocenters. The smallest absolute Gasteiger partial charge is 0.371 e. The number of nitrogens with one attached hydrogen (secondary N) is 1. The number of rotatable bonds is 9. The number of aromatic nitrogens is 2. The number of hydrogen-bond donors (Lipinski definition) is 2. The summed E-state index contributed by atoms with van der Waals surface area (Å²) in [4.78, 5) is 13.5. The summed E-state index contributed by atoms with van der Waals surface area (Å²) in [6.07, 6.45) is 5.10. The van der Waals surface area contributed by atoms with Crippen molar-refractivity contribution in [2.24, 2.45) is 5.92 Å². The first-order valence-electron chi connectivity index (χ1n) is 14.9. The third kappa shape index (κ3) is 5.84. The number of halogens is 2. The Bertz CT molecular complexity index is 1750. The molecule has 1 saturated heterocycles. The number of H-pyrrole nitrogens is 1. The van der Waals surface area contributed by atoms with E-state index in [1.54, 1.807) is 6.07 Å². The number of nitrogens with zero attached hydrogens (tertiary/aromatic N) is 2. The number of benzene rings is 3. The van der Waals surface area contributed by atoms with E-state index in [1.807, 2.05) is 24.3 Å². The van der Waals surface area contributed by atoms with Crippen molar-refractivity contribution in [3.63, 3.8) is 0 Å². The van der Waals surface area contributed by atoms with E-state index in [0.717, 1.165) is 66.4 Å². The molecule has 3 aromatic carbocycles. The first-order valence-corrected chi connectivity index (χ1v) is 15.6. The van der Waals surface area contributed by atoms with E-state index in [-0.39, 0.29) is 11.2 Å². The molecule has 220 valence electrons. The number of fused-ring (bicyclic) bond motifs is 1. The lowest BCUT2D eigenvalue weighted by atomic mass is 9.83. The van der Waals surface area contributed by atoms with Crippen LogP contribution in [0.2, 0.25) is 10.0 Å². The average molecular weight is 615 g/mol. The minimum atomic E-state index is -1.04. The molecule has 0 spiro atoms. The molecule has 6 nitrogen and oxygen atoms in total. The van der Waals surface area contributed by atoms with Crippen molar-refractivity contribution < 1.29 is 14.3 Å². The van der Waals surface area contributed by atoms with Gasteiger partial charge < -0.3 is 9.52 Å². The number of carboxylic acids is 1. The molecule has 0 bridgehead atoms. The second kappa shape index (κ2) is 11.5. The zero-order valence-electron chi connectivity index (χ0n) is 23.7. The van der Waals surface area contributed by atoms with E-state index in [1.165, 1.54) is 28.1 Å². The van der Waals surface area contributed by atoms with E-state index in [0.29, 0.717) is 24.1 Å². The summed E-state index contributed by atoms with van der Waals surface area (Å²) in [6, 6.07) is 26.7. The fraction of sp³-hybridized carbons (Fsp3) is 0.314. The van der Waals surface area contributed by atoms with Crippen LogP contribution in [0.4, 0.5) is 0 Å². The maximum Gasteiger partial charge on any atom is 0.371 e. The van der Waals surface area contributed by atoms with Gasteiger partial charge in [0.25, 0.3) is 0 Å². The Balaban J connectivity index is 1.12. The molecule has 3 heterocycles. The second-order valence-corrected chi connectivity index (χ2v) is 13.1. The maximum absolute atomic E-state index is 11.2. The highest BCUT2D eigenvalue weighted by molar-refractivity contribution is 6.30. The standard InChI is InChI=1S/C35H33Cl2N3O3/c36-27-6-1-22(2-7-27)17-26-20-35(26,19-23-3-8-28(37)9-4-23)25-5-11-31-30(18-25)33(39-38-31)24-13-15-40(16-14-24)21-29-10-12-32(43-29)34(41)42/h1-12,18,24,26H,13-17,19-21H2,(H,38,39)(H,41,42). The summed E-state index contributed by atoms with van der Waals surface area (Å²) < 4.78 is 5.48. The van der Waals surface area contributed by atoms with Crippen LogP contribution >= 0.6 is 23.2 Å². The molecule has 1 saturated carbocycles. The van der Waals surface area contributed by atoms with Gasteiger partial charge in [-0.2, -0.15) is 5.10 Å². The van der Waals surface area contributed by atoms with Gasteiger partial charge >= 0.3 is 5.97 Å². The summed E-state index contributed by atoms with van der Waals surface area (Å²) in [5.41, 5.74) is 6.28. The molecule has 2 unspecified atom stereocenters. The van der Waals surface area contributed by atoms with Gasteiger partial charge in [0.15, 0.2) is 0 Å². The van der Waals surface area contributed by atoms with Crippen LogP contribution in [0.15, 0.2) is 83.3 Å². The van der Waals surface area contributed by atoms with Crippen molar-refractivity contribution in [2.75, 3.05) is 13.1 Å². The van der Waals surface area contributed by atoms with Gasteiger partial charge in [-0.15, -0.1) is 0 Å². The first kappa shape index (κ1) is 28.2. The molecule has 2 aromatic heterocycles. The number of carboxylic acid groups (broad SMARTS) is 1. The molecule has 2 aliphatic rings. The predicted molar refractivity (Wildman–Crippen MR) is 169 cm³/mol. The lowest BCUT2D eigenvalue weighted by Crippen LogP contribution is -2.32. The van der Waals surface area contributed by atoms with Crippen molar-refractivity contribution in [2.45, 2.75) is 50.0 Å². The topological polar surface area (TPSA) is 82.4 Å². The molecule has 0 amide bonds. The first-order chi connectivity index (χ1) is 20.9. The monoisotopic (exact) mass is 613 g/mol. The van der Waals surface area contributed by atoms with Gasteiger partial charge in [0.2, 0.25) is 5.76 Å². The lowest BCUT2D eigenvalue weighted by molar-refractivity contribution is 0.0657. The molecule has 43 heavy (non-hydrogen) atoms. The van der Waals surface area contributed by atoms with E-state index < -0.39 is 5.97 Å². The third-order valence-corrected chi connectivity index (χ3v) is 9.96. The fourth-order valence-electron chi connectivity index (χ4n) is 7.01. The van der Waals surface area contributed by atoms with Crippen molar-refractivity contribution in [3.8, 4) is 0 Å². The lowest BCUT2D eigenvalue weighted by Gasteiger charge is -2.30. The molecule has 2 N–H and O–H groups in total. The summed E-state index contributed by atoms with van der Waals surface area (Å²) in [7, 11) is 0. The third-order valence-electron chi connectivity index (χ3n) is 9.45. The number of piperidine rings is 1. The van der Waals surface area contributed by atoms with Crippen LogP contribution in [0.25, 0.3) is 10.9 Å². The molecular formula is C35H33Cl2N3O3.